The van der Waals surface area contributed by atoms with Gasteiger partial charge in [0.25, 0.3) is 0 Å². The minimum absolute atomic E-state index is 0.172. The third-order valence-corrected chi connectivity index (χ3v) is 1.66. The van der Waals surface area contributed by atoms with E-state index in [9.17, 15) is 9.59 Å². The van der Waals surface area contributed by atoms with Gasteiger partial charge >= 0.3 is 0 Å². The van der Waals surface area contributed by atoms with Crippen molar-refractivity contribution in [1.82, 2.24) is 0 Å². The molecule has 0 radical (unpaired) electrons. The van der Waals surface area contributed by atoms with E-state index in [2.05, 4.69) is 0 Å². The van der Waals surface area contributed by atoms with Crippen LogP contribution in [-0.4, -0.2) is 11.6 Å². The first-order chi connectivity index (χ1) is 5.63. The summed E-state index contributed by atoms with van der Waals surface area (Å²) in [4.78, 5) is 22.1. The number of allylic oxidation sites excluding steroid dienone is 6. The largest absolute Gasteiger partial charge is 0.294 e. The van der Waals surface area contributed by atoms with Crippen molar-refractivity contribution in [2.24, 2.45) is 0 Å². The average molecular weight is 162 g/mol. The second-order valence-electron chi connectivity index (χ2n) is 2.66. The van der Waals surface area contributed by atoms with Gasteiger partial charge in [-0.05, 0) is 19.4 Å². The van der Waals surface area contributed by atoms with Gasteiger partial charge in [-0.1, -0.05) is 24.3 Å². The third kappa shape index (κ3) is 1.59. The number of carbonyl (C=O) groups excluding carboxylic acids is 2. The molecular weight excluding hydrogens is 152 g/mol. The van der Waals surface area contributed by atoms with Crippen molar-refractivity contribution < 1.29 is 9.59 Å². The molecule has 0 unspecified atom stereocenters. The summed E-state index contributed by atoms with van der Waals surface area (Å²) in [5, 5.41) is 0. The van der Waals surface area contributed by atoms with Crippen molar-refractivity contribution in [2.75, 3.05) is 0 Å². The molecule has 62 valence electrons. The smallest absolute Gasteiger partial charge is 0.163 e. The van der Waals surface area contributed by atoms with Crippen molar-refractivity contribution in [2.45, 2.75) is 13.8 Å². The van der Waals surface area contributed by atoms with Gasteiger partial charge in [0.15, 0.2) is 11.6 Å². The lowest BCUT2D eigenvalue weighted by molar-refractivity contribution is -0.119. The van der Waals surface area contributed by atoms with E-state index in [4.69, 9.17) is 0 Å². The fourth-order valence-electron chi connectivity index (χ4n) is 1.20. The Kier molecular flexibility index (Phi) is 2.38. The van der Waals surface area contributed by atoms with Gasteiger partial charge in [-0.2, -0.15) is 0 Å². The molecule has 0 aromatic heterocycles. The highest BCUT2D eigenvalue weighted by Crippen LogP contribution is 2.14. The van der Waals surface area contributed by atoms with E-state index in [0.717, 1.165) is 5.57 Å². The van der Waals surface area contributed by atoms with Crippen LogP contribution in [-0.2, 0) is 9.59 Å². The van der Waals surface area contributed by atoms with E-state index < -0.39 is 0 Å². The molecule has 1 aliphatic carbocycles. The van der Waals surface area contributed by atoms with Crippen LogP contribution in [0.3, 0.4) is 0 Å². The Morgan fingerprint density at radius 2 is 1.42 bits per heavy atom. The highest BCUT2D eigenvalue weighted by molar-refractivity contribution is 6.19. The Morgan fingerprint density at radius 1 is 1.00 bits per heavy atom. The van der Waals surface area contributed by atoms with Crippen LogP contribution in [0.2, 0.25) is 0 Å². The zero-order chi connectivity index (χ0) is 9.14. The highest BCUT2D eigenvalue weighted by Gasteiger charge is 2.13. The van der Waals surface area contributed by atoms with E-state index in [-0.39, 0.29) is 11.6 Å². The van der Waals surface area contributed by atoms with E-state index >= 15 is 0 Å². The minimum atomic E-state index is -0.172. The highest BCUT2D eigenvalue weighted by atomic mass is 16.1. The summed E-state index contributed by atoms with van der Waals surface area (Å²) < 4.78 is 0. The predicted molar refractivity (Wildman–Crippen MR) is 46.7 cm³/mol. The van der Waals surface area contributed by atoms with Crippen molar-refractivity contribution in [1.29, 1.82) is 0 Å². The normalized spacial score (nSPS) is 13.7. The lowest BCUT2D eigenvalue weighted by atomic mass is 10.0. The van der Waals surface area contributed by atoms with Crippen molar-refractivity contribution >= 4 is 11.6 Å². The van der Waals surface area contributed by atoms with Crippen molar-refractivity contribution in [3.63, 3.8) is 0 Å². The number of carbonyl (C=O) groups is 2. The maximum absolute atomic E-state index is 11.0. The molecule has 12 heavy (non-hydrogen) atoms. The molecule has 0 saturated carbocycles. The van der Waals surface area contributed by atoms with Gasteiger partial charge in [0.2, 0.25) is 0 Å². The first kappa shape index (κ1) is 8.65. The fourth-order valence-corrected chi connectivity index (χ4v) is 1.20. The lowest BCUT2D eigenvalue weighted by Gasteiger charge is -1.99. The SMILES string of the molecule is CC(=O)C(C(C)=O)=C1C=CC=C1. The van der Waals surface area contributed by atoms with Gasteiger partial charge in [-0.3, -0.25) is 9.59 Å². The zero-order valence-corrected chi connectivity index (χ0v) is 7.13. The van der Waals surface area contributed by atoms with Gasteiger partial charge in [0.1, 0.15) is 0 Å². The summed E-state index contributed by atoms with van der Waals surface area (Å²) in [5.74, 6) is -0.345. The molecule has 1 rings (SSSR count). The molecule has 0 aromatic rings. The molecular formula is C10H10O2. The Bertz CT molecular complexity index is 287. The zero-order valence-electron chi connectivity index (χ0n) is 7.13. The van der Waals surface area contributed by atoms with E-state index in [1.807, 2.05) is 0 Å². The Labute approximate surface area is 71.3 Å². The number of ketones is 2. The summed E-state index contributed by atoms with van der Waals surface area (Å²) >= 11 is 0. The van der Waals surface area contributed by atoms with Gasteiger partial charge in [0, 0.05) is 0 Å². The Hall–Kier alpha value is -1.44. The monoisotopic (exact) mass is 162 g/mol. The first-order valence-corrected chi connectivity index (χ1v) is 3.74. The molecule has 1 aliphatic rings. The standard InChI is InChI=1S/C10H10O2/c1-7(11)10(8(2)12)9-5-3-4-6-9/h3-6H,1-2H3. The first-order valence-electron chi connectivity index (χ1n) is 3.74. The van der Waals surface area contributed by atoms with Gasteiger partial charge < -0.3 is 0 Å². The lowest BCUT2D eigenvalue weighted by Crippen LogP contribution is -2.08. The maximum Gasteiger partial charge on any atom is 0.163 e. The van der Waals surface area contributed by atoms with Crippen LogP contribution >= 0.6 is 0 Å². The number of rotatable bonds is 2. The van der Waals surface area contributed by atoms with Crippen molar-refractivity contribution in [3.05, 3.63) is 35.5 Å². The summed E-state index contributed by atoms with van der Waals surface area (Å²) in [5.41, 5.74) is 1.01. The molecule has 0 N–H and O–H groups in total. The molecule has 0 bridgehead atoms. The van der Waals surface area contributed by atoms with Crippen LogP contribution in [0.15, 0.2) is 35.5 Å². The van der Waals surface area contributed by atoms with Crippen LogP contribution in [0.4, 0.5) is 0 Å². The number of Topliss-reactive ketones (excluding diaryl/α,β-unsaturated/α-hetero) is 2. The topological polar surface area (TPSA) is 34.1 Å². The van der Waals surface area contributed by atoms with Gasteiger partial charge in [0.05, 0.1) is 5.57 Å². The number of hydrogen-bond donors (Lipinski definition) is 0. The third-order valence-electron chi connectivity index (χ3n) is 1.66. The Balaban J connectivity index is 3.16. The second-order valence-corrected chi connectivity index (χ2v) is 2.66. The van der Waals surface area contributed by atoms with E-state index in [1.54, 1.807) is 24.3 Å². The fraction of sp³-hybridized carbons (Fsp3) is 0.200. The quantitative estimate of drug-likeness (QED) is 0.351. The molecule has 0 aliphatic heterocycles. The predicted octanol–water partition coefficient (Wildman–Crippen LogP) is 1.59. The van der Waals surface area contributed by atoms with E-state index in [1.165, 1.54) is 13.8 Å². The maximum atomic E-state index is 11.0. The van der Waals surface area contributed by atoms with Crippen LogP contribution in [0.25, 0.3) is 0 Å². The number of hydrogen-bond acceptors (Lipinski definition) is 2. The minimum Gasteiger partial charge on any atom is -0.294 e. The summed E-state index contributed by atoms with van der Waals surface area (Å²) in [6.07, 6.45) is 7.14. The summed E-state index contributed by atoms with van der Waals surface area (Å²) in [7, 11) is 0. The van der Waals surface area contributed by atoms with Crippen LogP contribution in [0, 0.1) is 0 Å². The molecule has 2 heteroatoms. The molecule has 0 spiro atoms. The van der Waals surface area contributed by atoms with E-state index in [0.29, 0.717) is 5.57 Å². The molecule has 2 nitrogen and oxygen atoms in total. The van der Waals surface area contributed by atoms with Gasteiger partial charge in [-0.25, -0.2) is 0 Å². The van der Waals surface area contributed by atoms with Crippen molar-refractivity contribution in [3.8, 4) is 0 Å². The summed E-state index contributed by atoms with van der Waals surface area (Å²) in [6, 6.07) is 0. The van der Waals surface area contributed by atoms with Crippen LogP contribution in [0.1, 0.15) is 13.8 Å². The molecule has 0 amide bonds. The Morgan fingerprint density at radius 3 is 1.75 bits per heavy atom. The molecule has 0 heterocycles. The van der Waals surface area contributed by atoms with Crippen LogP contribution in [0.5, 0.6) is 0 Å². The molecule has 0 fully saturated rings. The molecule has 0 saturated heterocycles. The summed E-state index contributed by atoms with van der Waals surface area (Å²) in [6.45, 7) is 2.81. The van der Waals surface area contributed by atoms with Crippen LogP contribution < -0.4 is 0 Å². The molecule has 0 atom stereocenters. The second kappa shape index (κ2) is 3.30. The molecule has 0 aromatic carbocycles. The van der Waals surface area contributed by atoms with Gasteiger partial charge in [-0.15, -0.1) is 0 Å². The average Bonchev–Trinajstić information content (AvgIpc) is 2.37.